The summed E-state index contributed by atoms with van der Waals surface area (Å²) in [7, 11) is -5.63. The van der Waals surface area contributed by atoms with E-state index >= 15 is 0 Å². The van der Waals surface area contributed by atoms with Gasteiger partial charge in [-0.2, -0.15) is 21.6 Å². The Morgan fingerprint density at radius 1 is 1.25 bits per heavy atom. The molecule has 138 valence electrons. The van der Waals surface area contributed by atoms with E-state index in [-0.39, 0.29) is 24.1 Å². The van der Waals surface area contributed by atoms with Crippen molar-refractivity contribution in [2.45, 2.75) is 64.0 Å². The van der Waals surface area contributed by atoms with Gasteiger partial charge in [-0.3, -0.25) is 4.79 Å². The van der Waals surface area contributed by atoms with Crippen LogP contribution in [0.2, 0.25) is 0 Å². The van der Waals surface area contributed by atoms with E-state index in [0.717, 1.165) is 0 Å². The third-order valence-electron chi connectivity index (χ3n) is 4.25. The number of carbonyl (C=O) groups excluding carboxylic acids is 1. The molecular formula is C15H21F3O5S. The zero-order valence-electron chi connectivity index (χ0n) is 13.8. The highest BCUT2D eigenvalue weighted by Crippen LogP contribution is 2.57. The van der Waals surface area contributed by atoms with E-state index in [1.54, 1.807) is 20.8 Å². The summed E-state index contributed by atoms with van der Waals surface area (Å²) >= 11 is 0. The normalized spacial score (nSPS) is 24.1. The summed E-state index contributed by atoms with van der Waals surface area (Å²) in [4.78, 5) is 12.4. The van der Waals surface area contributed by atoms with Crippen LogP contribution in [0.15, 0.2) is 11.8 Å². The molecule has 0 aromatic carbocycles. The van der Waals surface area contributed by atoms with Crippen molar-refractivity contribution in [3.63, 3.8) is 0 Å². The largest absolute Gasteiger partial charge is 0.534 e. The first kappa shape index (κ1) is 19.1. The summed E-state index contributed by atoms with van der Waals surface area (Å²) in [6.45, 7) is 5.32. The fraction of sp³-hybridized carbons (Fsp3) is 0.800. The van der Waals surface area contributed by atoms with Crippen molar-refractivity contribution in [2.24, 2.45) is 11.3 Å². The molecular weight excluding hydrogens is 349 g/mol. The first-order valence-electron chi connectivity index (χ1n) is 7.70. The number of carbonyl (C=O) groups is 1. The molecule has 0 aromatic rings. The van der Waals surface area contributed by atoms with Crippen LogP contribution in [-0.4, -0.2) is 25.5 Å². The van der Waals surface area contributed by atoms with Crippen LogP contribution in [0.4, 0.5) is 13.2 Å². The molecule has 1 atom stereocenters. The van der Waals surface area contributed by atoms with Crippen LogP contribution in [-0.2, 0) is 23.8 Å². The molecule has 2 aliphatic rings. The second kappa shape index (κ2) is 5.93. The van der Waals surface area contributed by atoms with E-state index in [2.05, 4.69) is 4.18 Å². The van der Waals surface area contributed by atoms with Gasteiger partial charge in [-0.1, -0.05) is 0 Å². The summed E-state index contributed by atoms with van der Waals surface area (Å²) in [5.41, 5.74) is -6.65. The monoisotopic (exact) mass is 370 g/mol. The van der Waals surface area contributed by atoms with Crippen LogP contribution in [0.1, 0.15) is 52.9 Å². The molecule has 2 rings (SSSR count). The molecule has 0 saturated heterocycles. The van der Waals surface area contributed by atoms with Gasteiger partial charge in [0.25, 0.3) is 0 Å². The van der Waals surface area contributed by atoms with E-state index in [9.17, 15) is 26.4 Å². The maximum atomic E-state index is 12.4. The molecule has 0 spiro atoms. The van der Waals surface area contributed by atoms with Gasteiger partial charge in [-0.25, -0.2) is 0 Å². The van der Waals surface area contributed by atoms with E-state index in [1.165, 1.54) is 6.08 Å². The summed E-state index contributed by atoms with van der Waals surface area (Å²) in [6.07, 6.45) is 3.42. The number of rotatable bonds is 4. The first-order valence-corrected chi connectivity index (χ1v) is 9.11. The standard InChI is InChI=1S/C15H21F3O5S/c1-13(2,3)22-12(19)14(8-9-14)10-4-6-11(7-5-10)23-24(20,21)15(16,17)18/h6,10H,4-5,7-9H2,1-3H3. The lowest BCUT2D eigenvalue weighted by Gasteiger charge is -2.31. The van der Waals surface area contributed by atoms with Crippen molar-refractivity contribution in [1.29, 1.82) is 0 Å². The van der Waals surface area contributed by atoms with Crippen LogP contribution in [0, 0.1) is 11.3 Å². The predicted molar refractivity (Wildman–Crippen MR) is 79.0 cm³/mol. The Labute approximate surface area is 139 Å². The van der Waals surface area contributed by atoms with Gasteiger partial charge in [-0.15, -0.1) is 0 Å². The van der Waals surface area contributed by atoms with Crippen molar-refractivity contribution in [2.75, 3.05) is 0 Å². The van der Waals surface area contributed by atoms with Crippen LogP contribution in [0.3, 0.4) is 0 Å². The van der Waals surface area contributed by atoms with Gasteiger partial charge >= 0.3 is 21.6 Å². The van der Waals surface area contributed by atoms with Crippen molar-refractivity contribution in [3.05, 3.63) is 11.8 Å². The molecule has 0 heterocycles. The first-order chi connectivity index (χ1) is 10.8. The second-order valence-corrected chi connectivity index (χ2v) is 8.82. The van der Waals surface area contributed by atoms with Crippen LogP contribution in [0.25, 0.3) is 0 Å². The van der Waals surface area contributed by atoms with Crippen molar-refractivity contribution < 1.29 is 35.3 Å². The van der Waals surface area contributed by atoms with Crippen LogP contribution in [0.5, 0.6) is 0 Å². The topological polar surface area (TPSA) is 69.7 Å². The summed E-state index contributed by atoms with van der Waals surface area (Å²) < 4.78 is 68.6. The molecule has 0 aliphatic heterocycles. The van der Waals surface area contributed by atoms with Gasteiger partial charge in [0.1, 0.15) is 11.4 Å². The van der Waals surface area contributed by atoms with E-state index in [0.29, 0.717) is 25.7 Å². The Bertz CT molecular complexity index is 639. The summed E-state index contributed by atoms with van der Waals surface area (Å²) in [5.74, 6) is -0.586. The average molecular weight is 370 g/mol. The minimum Gasteiger partial charge on any atom is -0.460 e. The highest BCUT2D eigenvalue weighted by molar-refractivity contribution is 7.87. The number of esters is 1. The number of hydrogen-bond acceptors (Lipinski definition) is 5. The maximum absolute atomic E-state index is 12.4. The minimum absolute atomic E-state index is 0.0462. The predicted octanol–water partition coefficient (Wildman–Crippen LogP) is 3.66. The minimum atomic E-state index is -5.63. The molecule has 0 radical (unpaired) electrons. The Morgan fingerprint density at radius 3 is 2.21 bits per heavy atom. The average Bonchev–Trinajstić information content (AvgIpc) is 3.17. The number of hydrogen-bond donors (Lipinski definition) is 0. The molecule has 0 aromatic heterocycles. The number of ether oxygens (including phenoxy) is 1. The molecule has 2 aliphatic carbocycles. The number of allylic oxidation sites excluding steroid dienone is 2. The molecule has 1 fully saturated rings. The van der Waals surface area contributed by atoms with E-state index in [4.69, 9.17) is 4.74 Å². The lowest BCUT2D eigenvalue weighted by molar-refractivity contribution is -0.164. The Balaban J connectivity index is 2.02. The lowest BCUT2D eigenvalue weighted by Crippen LogP contribution is -2.34. The van der Waals surface area contributed by atoms with Gasteiger partial charge in [0, 0.05) is 6.42 Å². The van der Waals surface area contributed by atoms with Crippen LogP contribution >= 0.6 is 0 Å². The fourth-order valence-electron chi connectivity index (χ4n) is 2.87. The van der Waals surface area contributed by atoms with E-state index in [1.807, 2.05) is 0 Å². The molecule has 0 N–H and O–H groups in total. The molecule has 1 saturated carbocycles. The molecule has 1 unspecified atom stereocenters. The van der Waals surface area contributed by atoms with Gasteiger partial charge in [-0.05, 0) is 58.4 Å². The van der Waals surface area contributed by atoms with E-state index < -0.39 is 26.6 Å². The highest BCUT2D eigenvalue weighted by Gasteiger charge is 2.57. The molecule has 9 heteroatoms. The number of halogens is 3. The molecule has 0 amide bonds. The van der Waals surface area contributed by atoms with Gasteiger partial charge in [0.15, 0.2) is 0 Å². The van der Waals surface area contributed by atoms with Gasteiger partial charge < -0.3 is 8.92 Å². The zero-order valence-corrected chi connectivity index (χ0v) is 14.6. The second-order valence-electron chi connectivity index (χ2n) is 7.28. The molecule has 24 heavy (non-hydrogen) atoms. The van der Waals surface area contributed by atoms with Gasteiger partial charge in [0.2, 0.25) is 0 Å². The summed E-state index contributed by atoms with van der Waals surface area (Å²) in [5, 5.41) is 0. The summed E-state index contributed by atoms with van der Waals surface area (Å²) in [6, 6.07) is 0. The number of alkyl halides is 3. The Morgan fingerprint density at radius 2 is 1.83 bits per heavy atom. The SMILES string of the molecule is CC(C)(C)OC(=O)C1(C2CC=C(OS(=O)(=O)C(F)(F)F)CC2)CC1. The molecule has 5 nitrogen and oxygen atoms in total. The Hall–Kier alpha value is -1.25. The highest BCUT2D eigenvalue weighted by atomic mass is 32.2. The van der Waals surface area contributed by atoms with Crippen LogP contribution < -0.4 is 0 Å². The van der Waals surface area contributed by atoms with Gasteiger partial charge in [0.05, 0.1) is 5.41 Å². The molecule has 0 bridgehead atoms. The third kappa shape index (κ3) is 4.04. The smallest absolute Gasteiger partial charge is 0.460 e. The lowest BCUT2D eigenvalue weighted by atomic mass is 9.80. The zero-order chi connectivity index (χ0) is 18.4. The van der Waals surface area contributed by atoms with Crippen molar-refractivity contribution in [1.82, 2.24) is 0 Å². The fourth-order valence-corrected chi connectivity index (χ4v) is 3.40. The van der Waals surface area contributed by atoms with Crippen molar-refractivity contribution >= 4 is 16.1 Å². The maximum Gasteiger partial charge on any atom is 0.534 e. The quantitative estimate of drug-likeness (QED) is 0.429. The van der Waals surface area contributed by atoms with Crippen molar-refractivity contribution in [3.8, 4) is 0 Å². The third-order valence-corrected chi connectivity index (χ3v) is 5.25. The Kier molecular flexibility index (Phi) is 4.71.